The number of hydrogen-bond donors (Lipinski definition) is 1. The number of aromatic nitrogens is 1. The van der Waals surface area contributed by atoms with Crippen LogP contribution in [0.1, 0.15) is 27.3 Å². The van der Waals surface area contributed by atoms with Gasteiger partial charge in [-0.3, -0.25) is 4.79 Å². The van der Waals surface area contributed by atoms with E-state index in [1.807, 2.05) is 49.6 Å². The number of methoxy groups -OCH3 is 1. The van der Waals surface area contributed by atoms with Gasteiger partial charge in [-0.15, -0.1) is 0 Å². The molecule has 1 amide bonds. The van der Waals surface area contributed by atoms with Gasteiger partial charge < -0.3 is 19.4 Å². The topological polar surface area (TPSA) is 69.6 Å². The number of carbonyl (C=O) groups is 2. The third kappa shape index (κ3) is 4.66. The van der Waals surface area contributed by atoms with Gasteiger partial charge in [-0.05, 0) is 51.1 Å². The summed E-state index contributed by atoms with van der Waals surface area (Å²) in [6.45, 7) is 5.45. The minimum absolute atomic E-state index is 0.371. The molecular weight excluding hydrogens is 368 g/mol. The van der Waals surface area contributed by atoms with Crippen LogP contribution in [0.2, 0.25) is 0 Å². The summed E-state index contributed by atoms with van der Waals surface area (Å²) in [6.07, 6.45) is 0. The molecule has 0 bridgehead atoms. The molecule has 0 unspecified atom stereocenters. The molecule has 0 radical (unpaired) electrons. The SMILES string of the molecule is COc1cccc(NC(=O)COC(=O)c2cc(C)n(-c3ccc(C)cc3)c2C)c1. The number of benzene rings is 2. The van der Waals surface area contributed by atoms with Crippen LogP contribution in [0.5, 0.6) is 5.75 Å². The second-order valence-corrected chi connectivity index (χ2v) is 6.81. The van der Waals surface area contributed by atoms with E-state index in [1.165, 1.54) is 0 Å². The zero-order chi connectivity index (χ0) is 21.0. The Balaban J connectivity index is 1.67. The lowest BCUT2D eigenvalue weighted by atomic mass is 10.2. The van der Waals surface area contributed by atoms with Gasteiger partial charge >= 0.3 is 5.97 Å². The van der Waals surface area contributed by atoms with Gasteiger partial charge in [-0.2, -0.15) is 0 Å². The quantitative estimate of drug-likeness (QED) is 0.638. The van der Waals surface area contributed by atoms with E-state index in [0.717, 1.165) is 22.6 Å². The molecule has 0 fully saturated rings. The first-order valence-electron chi connectivity index (χ1n) is 9.26. The van der Waals surface area contributed by atoms with Crippen molar-refractivity contribution in [2.24, 2.45) is 0 Å². The summed E-state index contributed by atoms with van der Waals surface area (Å²) in [5.41, 5.74) is 4.84. The van der Waals surface area contributed by atoms with Crippen molar-refractivity contribution in [2.75, 3.05) is 19.0 Å². The standard InChI is InChI=1S/C23H24N2O4/c1-15-8-10-19(11-9-15)25-16(2)12-21(17(25)3)23(27)29-14-22(26)24-18-6-5-7-20(13-18)28-4/h5-13H,14H2,1-4H3,(H,24,26). The Morgan fingerprint density at radius 3 is 2.41 bits per heavy atom. The number of hydrogen-bond acceptors (Lipinski definition) is 4. The van der Waals surface area contributed by atoms with Crippen LogP contribution >= 0.6 is 0 Å². The molecule has 150 valence electrons. The highest BCUT2D eigenvalue weighted by molar-refractivity contribution is 5.96. The molecule has 0 atom stereocenters. The lowest BCUT2D eigenvalue weighted by Gasteiger charge is -2.10. The molecule has 0 aliphatic heterocycles. The maximum Gasteiger partial charge on any atom is 0.340 e. The Morgan fingerprint density at radius 2 is 1.72 bits per heavy atom. The fourth-order valence-electron chi connectivity index (χ4n) is 3.17. The Hall–Kier alpha value is -3.54. The summed E-state index contributed by atoms with van der Waals surface area (Å²) in [5.74, 6) is -0.320. The molecule has 6 nitrogen and oxygen atoms in total. The van der Waals surface area contributed by atoms with Crippen molar-refractivity contribution in [1.29, 1.82) is 0 Å². The van der Waals surface area contributed by atoms with Crippen LogP contribution in [-0.2, 0) is 9.53 Å². The Labute approximate surface area is 170 Å². The predicted octanol–water partition coefficient (Wildman–Crippen LogP) is 4.21. The second-order valence-electron chi connectivity index (χ2n) is 6.81. The number of rotatable bonds is 6. The average molecular weight is 392 g/mol. The highest BCUT2D eigenvalue weighted by Gasteiger charge is 2.19. The summed E-state index contributed by atoms with van der Waals surface area (Å²) in [4.78, 5) is 24.7. The molecule has 3 rings (SSSR count). The van der Waals surface area contributed by atoms with E-state index in [4.69, 9.17) is 9.47 Å². The fourth-order valence-corrected chi connectivity index (χ4v) is 3.17. The Morgan fingerprint density at radius 1 is 1.00 bits per heavy atom. The van der Waals surface area contributed by atoms with Crippen LogP contribution in [0, 0.1) is 20.8 Å². The third-order valence-corrected chi connectivity index (χ3v) is 4.63. The van der Waals surface area contributed by atoms with E-state index in [1.54, 1.807) is 37.4 Å². The summed E-state index contributed by atoms with van der Waals surface area (Å²) in [5, 5.41) is 2.68. The molecule has 0 spiro atoms. The Kier molecular flexibility index (Phi) is 6.02. The van der Waals surface area contributed by atoms with Gasteiger partial charge in [0.15, 0.2) is 6.61 Å². The van der Waals surface area contributed by atoms with Crippen molar-refractivity contribution in [3.8, 4) is 11.4 Å². The van der Waals surface area contributed by atoms with Gasteiger partial charge in [0.2, 0.25) is 0 Å². The lowest BCUT2D eigenvalue weighted by Crippen LogP contribution is -2.21. The first kappa shape index (κ1) is 20.2. The normalized spacial score (nSPS) is 10.5. The van der Waals surface area contributed by atoms with Gasteiger partial charge in [0.1, 0.15) is 5.75 Å². The van der Waals surface area contributed by atoms with Gasteiger partial charge in [0, 0.05) is 28.8 Å². The van der Waals surface area contributed by atoms with E-state index < -0.39 is 11.9 Å². The Bertz CT molecular complexity index is 1040. The summed E-state index contributed by atoms with van der Waals surface area (Å²) >= 11 is 0. The monoisotopic (exact) mass is 392 g/mol. The smallest absolute Gasteiger partial charge is 0.340 e. The maximum absolute atomic E-state index is 12.5. The number of carbonyl (C=O) groups excluding carboxylic acids is 2. The van der Waals surface area contributed by atoms with Gasteiger partial charge in [-0.25, -0.2) is 4.79 Å². The van der Waals surface area contributed by atoms with Crippen LogP contribution in [0.25, 0.3) is 5.69 Å². The average Bonchev–Trinajstić information content (AvgIpc) is 3.01. The largest absolute Gasteiger partial charge is 0.497 e. The highest BCUT2D eigenvalue weighted by Crippen LogP contribution is 2.22. The van der Waals surface area contributed by atoms with Crippen LogP contribution in [0.3, 0.4) is 0 Å². The van der Waals surface area contributed by atoms with E-state index in [2.05, 4.69) is 5.32 Å². The molecule has 1 aromatic heterocycles. The summed E-state index contributed by atoms with van der Waals surface area (Å²) in [7, 11) is 1.55. The van der Waals surface area contributed by atoms with Gasteiger partial charge in [0.25, 0.3) is 5.91 Å². The number of anilines is 1. The molecule has 0 aliphatic rings. The number of nitrogens with zero attached hydrogens (tertiary/aromatic N) is 1. The summed E-state index contributed by atoms with van der Waals surface area (Å²) in [6, 6.07) is 16.8. The first-order valence-corrected chi connectivity index (χ1v) is 9.26. The molecule has 3 aromatic rings. The highest BCUT2D eigenvalue weighted by atomic mass is 16.5. The lowest BCUT2D eigenvalue weighted by molar-refractivity contribution is -0.119. The molecule has 0 saturated heterocycles. The molecule has 0 saturated carbocycles. The molecule has 29 heavy (non-hydrogen) atoms. The van der Waals surface area contributed by atoms with Crippen LogP contribution in [0.4, 0.5) is 5.69 Å². The van der Waals surface area contributed by atoms with E-state index in [9.17, 15) is 9.59 Å². The minimum atomic E-state index is -0.530. The van der Waals surface area contributed by atoms with Crippen molar-refractivity contribution in [3.05, 3.63) is 77.1 Å². The van der Waals surface area contributed by atoms with Crippen LogP contribution in [-0.4, -0.2) is 30.2 Å². The van der Waals surface area contributed by atoms with Crippen molar-refractivity contribution >= 4 is 17.6 Å². The summed E-state index contributed by atoms with van der Waals surface area (Å²) < 4.78 is 12.3. The van der Waals surface area contributed by atoms with Crippen molar-refractivity contribution in [2.45, 2.75) is 20.8 Å². The minimum Gasteiger partial charge on any atom is -0.497 e. The number of aryl methyl sites for hydroxylation is 2. The van der Waals surface area contributed by atoms with Gasteiger partial charge in [0.05, 0.1) is 12.7 Å². The van der Waals surface area contributed by atoms with Crippen molar-refractivity contribution in [3.63, 3.8) is 0 Å². The number of ether oxygens (including phenoxy) is 2. The molecule has 2 aromatic carbocycles. The maximum atomic E-state index is 12.5. The van der Waals surface area contributed by atoms with Crippen LogP contribution in [0.15, 0.2) is 54.6 Å². The molecule has 0 aliphatic carbocycles. The van der Waals surface area contributed by atoms with E-state index in [0.29, 0.717) is 17.0 Å². The first-order chi connectivity index (χ1) is 13.9. The molecule has 6 heteroatoms. The second kappa shape index (κ2) is 8.65. The predicted molar refractivity (Wildman–Crippen MR) is 112 cm³/mol. The number of nitrogens with one attached hydrogen (secondary N) is 1. The van der Waals surface area contributed by atoms with Gasteiger partial charge in [-0.1, -0.05) is 23.8 Å². The van der Waals surface area contributed by atoms with E-state index in [-0.39, 0.29) is 6.61 Å². The van der Waals surface area contributed by atoms with E-state index >= 15 is 0 Å². The zero-order valence-electron chi connectivity index (χ0n) is 17.0. The number of esters is 1. The molecular formula is C23H24N2O4. The van der Waals surface area contributed by atoms with Crippen molar-refractivity contribution < 1.29 is 19.1 Å². The molecule has 1 N–H and O–H groups in total. The van der Waals surface area contributed by atoms with Crippen molar-refractivity contribution in [1.82, 2.24) is 4.57 Å². The fraction of sp³-hybridized carbons (Fsp3) is 0.217. The zero-order valence-corrected chi connectivity index (χ0v) is 17.0. The van der Waals surface area contributed by atoms with Crippen LogP contribution < -0.4 is 10.1 Å². The molecule has 1 heterocycles. The third-order valence-electron chi connectivity index (χ3n) is 4.63. The number of amides is 1.